The van der Waals surface area contributed by atoms with Crippen molar-refractivity contribution in [2.45, 2.75) is 13.0 Å². The molecule has 3 N–H and O–H groups in total. The number of nitrogens with zero attached hydrogens (tertiary/aromatic N) is 3. The number of aromatic nitrogens is 2. The monoisotopic (exact) mass is 232 g/mol. The number of para-hydroxylation sites is 1. The molecule has 1 atom stereocenters. The van der Waals surface area contributed by atoms with Gasteiger partial charge in [0, 0.05) is 12.4 Å². The number of anilines is 2. The summed E-state index contributed by atoms with van der Waals surface area (Å²) in [7, 11) is 1.88. The predicted molar refractivity (Wildman–Crippen MR) is 68.9 cm³/mol. The van der Waals surface area contributed by atoms with E-state index in [0.29, 0.717) is 0 Å². The molecule has 0 radical (unpaired) electrons. The maximum Gasteiger partial charge on any atom is 0.222 e. The van der Waals surface area contributed by atoms with Gasteiger partial charge in [0.15, 0.2) is 0 Å². The largest absolute Gasteiger partial charge is 0.394 e. The van der Waals surface area contributed by atoms with Gasteiger partial charge >= 0.3 is 0 Å². The van der Waals surface area contributed by atoms with E-state index in [1.54, 1.807) is 0 Å². The molecule has 0 saturated heterocycles. The highest BCUT2D eigenvalue weighted by Crippen LogP contribution is 2.24. The Bertz CT molecular complexity index is 529. The molecule has 1 unspecified atom stereocenters. The van der Waals surface area contributed by atoms with E-state index in [1.165, 1.54) is 0 Å². The van der Waals surface area contributed by atoms with Crippen molar-refractivity contribution in [1.82, 2.24) is 9.97 Å². The fraction of sp³-hybridized carbons (Fsp3) is 0.333. The van der Waals surface area contributed by atoms with Crippen molar-refractivity contribution in [1.29, 1.82) is 0 Å². The highest BCUT2D eigenvalue weighted by atomic mass is 16.3. The van der Waals surface area contributed by atoms with E-state index in [2.05, 4.69) is 9.97 Å². The van der Waals surface area contributed by atoms with Crippen molar-refractivity contribution in [2.24, 2.45) is 0 Å². The molecule has 0 amide bonds. The molecule has 17 heavy (non-hydrogen) atoms. The molecule has 2 rings (SSSR count). The minimum atomic E-state index is -0.0206. The Hall–Kier alpha value is -1.88. The molecule has 0 saturated carbocycles. The Labute approximate surface area is 99.9 Å². The van der Waals surface area contributed by atoms with Crippen LogP contribution in [0.4, 0.5) is 11.8 Å². The van der Waals surface area contributed by atoms with Crippen LogP contribution in [0.25, 0.3) is 10.9 Å². The molecule has 5 nitrogen and oxygen atoms in total. The lowest BCUT2D eigenvalue weighted by Gasteiger charge is -2.25. The summed E-state index contributed by atoms with van der Waals surface area (Å²) in [5.74, 6) is 0.991. The topological polar surface area (TPSA) is 75.3 Å². The number of likely N-dealkylation sites (N-methyl/N-ethyl adjacent to an activating group) is 1. The zero-order valence-corrected chi connectivity index (χ0v) is 9.96. The molecule has 1 heterocycles. The number of hydrogen-bond donors (Lipinski definition) is 2. The molecule has 0 bridgehead atoms. The van der Waals surface area contributed by atoms with Crippen LogP contribution in [0.3, 0.4) is 0 Å². The Morgan fingerprint density at radius 1 is 1.35 bits per heavy atom. The van der Waals surface area contributed by atoms with Crippen LogP contribution in [0.15, 0.2) is 24.3 Å². The first-order chi connectivity index (χ1) is 8.13. The van der Waals surface area contributed by atoms with Gasteiger partial charge < -0.3 is 15.7 Å². The van der Waals surface area contributed by atoms with E-state index in [9.17, 15) is 5.11 Å². The average molecular weight is 232 g/mol. The van der Waals surface area contributed by atoms with Crippen molar-refractivity contribution < 1.29 is 5.11 Å². The molecular weight excluding hydrogens is 216 g/mol. The number of hydrogen-bond acceptors (Lipinski definition) is 5. The number of nitrogens with two attached hydrogens (primary N) is 1. The molecule has 2 aromatic rings. The lowest BCUT2D eigenvalue weighted by Crippen LogP contribution is -2.32. The summed E-state index contributed by atoms with van der Waals surface area (Å²) in [6, 6.07) is 7.67. The van der Waals surface area contributed by atoms with Gasteiger partial charge in [-0.3, -0.25) is 0 Å². The fourth-order valence-corrected chi connectivity index (χ4v) is 1.68. The third-order valence-corrected chi connectivity index (χ3v) is 2.86. The lowest BCUT2D eigenvalue weighted by atomic mass is 10.2. The van der Waals surface area contributed by atoms with E-state index < -0.39 is 0 Å². The molecule has 0 aliphatic carbocycles. The standard InChI is InChI=1S/C12H16N4O/c1-8(7-17)16(2)11-9-5-3-4-6-10(9)14-12(13)15-11/h3-6,8,17H,7H2,1-2H3,(H2,13,14,15). The quantitative estimate of drug-likeness (QED) is 0.826. The van der Waals surface area contributed by atoms with Crippen LogP contribution in [0.5, 0.6) is 0 Å². The van der Waals surface area contributed by atoms with Gasteiger partial charge in [-0.15, -0.1) is 0 Å². The van der Waals surface area contributed by atoms with E-state index in [4.69, 9.17) is 5.73 Å². The lowest BCUT2D eigenvalue weighted by molar-refractivity contribution is 0.270. The van der Waals surface area contributed by atoms with Gasteiger partial charge in [0.1, 0.15) is 5.82 Å². The SMILES string of the molecule is CC(CO)N(C)c1nc(N)nc2ccccc12. The minimum absolute atomic E-state index is 0.0206. The third kappa shape index (κ3) is 2.14. The summed E-state index contributed by atoms with van der Waals surface area (Å²) in [5.41, 5.74) is 6.50. The first kappa shape index (κ1) is 11.6. The van der Waals surface area contributed by atoms with Gasteiger partial charge in [0.25, 0.3) is 0 Å². The molecule has 0 aliphatic heterocycles. The number of fused-ring (bicyclic) bond motifs is 1. The van der Waals surface area contributed by atoms with Gasteiger partial charge in [-0.05, 0) is 19.1 Å². The van der Waals surface area contributed by atoms with E-state index in [1.807, 2.05) is 43.1 Å². The Morgan fingerprint density at radius 3 is 2.76 bits per heavy atom. The second-order valence-corrected chi connectivity index (χ2v) is 4.07. The van der Waals surface area contributed by atoms with E-state index in [-0.39, 0.29) is 18.6 Å². The Kier molecular flexibility index (Phi) is 3.10. The normalized spacial score (nSPS) is 12.6. The number of benzene rings is 1. The Balaban J connectivity index is 2.59. The van der Waals surface area contributed by atoms with Gasteiger partial charge in [0.2, 0.25) is 5.95 Å². The smallest absolute Gasteiger partial charge is 0.222 e. The number of rotatable bonds is 3. The van der Waals surface area contributed by atoms with E-state index >= 15 is 0 Å². The summed E-state index contributed by atoms with van der Waals surface area (Å²) in [4.78, 5) is 10.3. The van der Waals surface area contributed by atoms with Crippen molar-refractivity contribution >= 4 is 22.7 Å². The van der Waals surface area contributed by atoms with Crippen molar-refractivity contribution in [3.05, 3.63) is 24.3 Å². The zero-order valence-electron chi connectivity index (χ0n) is 9.96. The van der Waals surface area contributed by atoms with Crippen LogP contribution in [0.1, 0.15) is 6.92 Å². The molecular formula is C12H16N4O. The fourth-order valence-electron chi connectivity index (χ4n) is 1.68. The molecule has 0 aliphatic rings. The number of aliphatic hydroxyl groups excluding tert-OH is 1. The van der Waals surface area contributed by atoms with Crippen LogP contribution >= 0.6 is 0 Å². The summed E-state index contributed by atoms with van der Waals surface area (Å²) in [6.07, 6.45) is 0. The van der Waals surface area contributed by atoms with Crippen molar-refractivity contribution in [3.63, 3.8) is 0 Å². The van der Waals surface area contributed by atoms with Gasteiger partial charge in [-0.25, -0.2) is 4.98 Å². The first-order valence-electron chi connectivity index (χ1n) is 5.49. The van der Waals surface area contributed by atoms with Crippen molar-refractivity contribution in [2.75, 3.05) is 24.3 Å². The summed E-state index contributed by atoms with van der Waals surface area (Å²) in [5, 5.41) is 10.1. The van der Waals surface area contributed by atoms with Gasteiger partial charge in [-0.1, -0.05) is 12.1 Å². The second-order valence-electron chi connectivity index (χ2n) is 4.07. The predicted octanol–water partition coefficient (Wildman–Crippen LogP) is 1.03. The summed E-state index contributed by atoms with van der Waals surface area (Å²) >= 11 is 0. The first-order valence-corrected chi connectivity index (χ1v) is 5.49. The van der Waals surface area contributed by atoms with Crippen LogP contribution < -0.4 is 10.6 Å². The average Bonchev–Trinajstić information content (AvgIpc) is 2.35. The highest BCUT2D eigenvalue weighted by Gasteiger charge is 2.14. The summed E-state index contributed by atoms with van der Waals surface area (Å²) < 4.78 is 0. The molecule has 1 aromatic heterocycles. The minimum Gasteiger partial charge on any atom is -0.394 e. The Morgan fingerprint density at radius 2 is 2.06 bits per heavy atom. The third-order valence-electron chi connectivity index (χ3n) is 2.86. The second kappa shape index (κ2) is 4.55. The van der Waals surface area contributed by atoms with E-state index in [0.717, 1.165) is 16.7 Å². The zero-order chi connectivity index (χ0) is 12.4. The van der Waals surface area contributed by atoms with Crippen LogP contribution in [0, 0.1) is 0 Å². The summed E-state index contributed by atoms with van der Waals surface area (Å²) in [6.45, 7) is 1.99. The molecule has 0 spiro atoms. The van der Waals surface area contributed by atoms with Crippen LogP contribution in [-0.2, 0) is 0 Å². The molecule has 1 aromatic carbocycles. The van der Waals surface area contributed by atoms with Crippen LogP contribution in [-0.4, -0.2) is 34.8 Å². The van der Waals surface area contributed by atoms with Gasteiger partial charge in [-0.2, -0.15) is 4.98 Å². The number of nitrogen functional groups attached to an aromatic ring is 1. The molecule has 90 valence electrons. The molecule has 5 heteroatoms. The highest BCUT2D eigenvalue weighted by molar-refractivity contribution is 5.90. The maximum absolute atomic E-state index is 9.19. The maximum atomic E-state index is 9.19. The van der Waals surface area contributed by atoms with Gasteiger partial charge in [0.05, 0.1) is 18.2 Å². The van der Waals surface area contributed by atoms with Crippen LogP contribution in [0.2, 0.25) is 0 Å². The number of aliphatic hydroxyl groups is 1. The molecule has 0 fully saturated rings. The van der Waals surface area contributed by atoms with Crippen molar-refractivity contribution in [3.8, 4) is 0 Å².